The number of ether oxygens (including phenoxy) is 1. The van der Waals surface area contributed by atoms with Gasteiger partial charge in [-0.2, -0.15) is 13.2 Å². The van der Waals surface area contributed by atoms with Crippen molar-refractivity contribution in [1.82, 2.24) is 20.2 Å². The number of alkyl halides is 3. The van der Waals surface area contributed by atoms with Crippen LogP contribution in [0.25, 0.3) is 0 Å². The number of imide groups is 1. The van der Waals surface area contributed by atoms with Crippen molar-refractivity contribution in [3.05, 3.63) is 53.5 Å². The van der Waals surface area contributed by atoms with E-state index in [1.165, 1.54) is 26.2 Å². The summed E-state index contributed by atoms with van der Waals surface area (Å²) in [7, 11) is 1.30. The van der Waals surface area contributed by atoms with Gasteiger partial charge in [0, 0.05) is 18.9 Å². The lowest BCUT2D eigenvalue weighted by atomic mass is 9.92. The van der Waals surface area contributed by atoms with Crippen LogP contribution in [-0.4, -0.2) is 52.1 Å². The third-order valence-corrected chi connectivity index (χ3v) is 4.99. The molecule has 1 fully saturated rings. The highest BCUT2D eigenvalue weighted by Crippen LogP contribution is 2.41. The topological polar surface area (TPSA) is 105 Å². The molecule has 0 saturated carbocycles. The zero-order chi connectivity index (χ0) is 25.5. The number of urea groups is 1. The SMILES string of the molecule is CNC(=O)C1(c2ccccn2)CN(C(=O)OC(C)(C)C)C(=O)N1c1cc(C(F)(F)F)cc(C)n1. The standard InChI is InChI=1S/C22H24F3N5O4/c1-13-10-14(22(23,24)25)11-16(28-13)30-18(32)29(19(33)34-20(2,3)4)12-21(30,17(31)26-5)15-8-6-7-9-27-15/h6-11H,12H2,1-5H3,(H,26,31). The third kappa shape index (κ3) is 4.52. The number of pyridine rings is 2. The van der Waals surface area contributed by atoms with Gasteiger partial charge in [0.2, 0.25) is 0 Å². The van der Waals surface area contributed by atoms with E-state index in [0.29, 0.717) is 11.0 Å². The summed E-state index contributed by atoms with van der Waals surface area (Å²) in [6, 6.07) is 4.96. The number of hydrogen-bond acceptors (Lipinski definition) is 6. The summed E-state index contributed by atoms with van der Waals surface area (Å²) in [5, 5.41) is 2.43. The summed E-state index contributed by atoms with van der Waals surface area (Å²) in [5.41, 5.74) is -4.06. The van der Waals surface area contributed by atoms with Crippen LogP contribution in [0, 0.1) is 6.92 Å². The van der Waals surface area contributed by atoms with Crippen LogP contribution in [0.2, 0.25) is 0 Å². The lowest BCUT2D eigenvalue weighted by molar-refractivity contribution is -0.137. The summed E-state index contributed by atoms with van der Waals surface area (Å²) in [6.45, 7) is 5.53. The lowest BCUT2D eigenvalue weighted by Gasteiger charge is -2.34. The second-order valence-corrected chi connectivity index (χ2v) is 8.69. The molecule has 0 spiro atoms. The molecular formula is C22H24F3N5O4. The Labute approximate surface area is 193 Å². The van der Waals surface area contributed by atoms with Gasteiger partial charge in [-0.1, -0.05) is 6.07 Å². The molecule has 0 radical (unpaired) electrons. The van der Waals surface area contributed by atoms with E-state index in [0.717, 1.165) is 11.0 Å². The van der Waals surface area contributed by atoms with Crippen molar-refractivity contribution >= 4 is 23.8 Å². The van der Waals surface area contributed by atoms with E-state index in [4.69, 9.17) is 4.74 Å². The fourth-order valence-corrected chi connectivity index (χ4v) is 3.63. The Balaban J connectivity index is 2.29. The Morgan fingerprint density at radius 3 is 2.38 bits per heavy atom. The number of aryl methyl sites for hydroxylation is 1. The van der Waals surface area contributed by atoms with E-state index in [1.807, 2.05) is 0 Å². The van der Waals surface area contributed by atoms with Gasteiger partial charge in [-0.15, -0.1) is 0 Å². The first-order valence-corrected chi connectivity index (χ1v) is 10.2. The largest absolute Gasteiger partial charge is 0.443 e. The van der Waals surface area contributed by atoms with Crippen LogP contribution in [0.1, 0.15) is 37.7 Å². The first kappa shape index (κ1) is 24.9. The van der Waals surface area contributed by atoms with Crippen LogP contribution >= 0.6 is 0 Å². The summed E-state index contributed by atoms with van der Waals surface area (Å²) < 4.78 is 46.0. The second-order valence-electron chi connectivity index (χ2n) is 8.69. The summed E-state index contributed by atoms with van der Waals surface area (Å²) in [4.78, 5) is 49.4. The van der Waals surface area contributed by atoms with Gasteiger partial charge >= 0.3 is 18.3 Å². The van der Waals surface area contributed by atoms with E-state index >= 15 is 0 Å². The highest BCUT2D eigenvalue weighted by Gasteiger charge is 2.60. The van der Waals surface area contributed by atoms with E-state index < -0.39 is 53.3 Å². The number of likely N-dealkylation sites (N-methyl/N-ethyl adjacent to an activating group) is 1. The van der Waals surface area contributed by atoms with Crippen molar-refractivity contribution in [3.63, 3.8) is 0 Å². The molecule has 34 heavy (non-hydrogen) atoms. The average molecular weight is 479 g/mol. The van der Waals surface area contributed by atoms with Crippen molar-refractivity contribution in [3.8, 4) is 0 Å². The minimum absolute atomic E-state index is 0.0330. The minimum Gasteiger partial charge on any atom is -0.443 e. The van der Waals surface area contributed by atoms with Gasteiger partial charge in [-0.05, 0) is 52.0 Å². The van der Waals surface area contributed by atoms with Gasteiger partial charge in [-0.3, -0.25) is 14.7 Å². The van der Waals surface area contributed by atoms with Gasteiger partial charge in [0.25, 0.3) is 5.91 Å². The third-order valence-electron chi connectivity index (χ3n) is 4.99. The Morgan fingerprint density at radius 1 is 1.18 bits per heavy atom. The number of amides is 4. The van der Waals surface area contributed by atoms with E-state index in [9.17, 15) is 27.6 Å². The molecule has 9 nitrogen and oxygen atoms in total. The summed E-state index contributed by atoms with van der Waals surface area (Å²) >= 11 is 0. The molecule has 1 aliphatic heterocycles. The molecule has 2 aromatic rings. The smallest absolute Gasteiger partial charge is 0.418 e. The molecule has 1 atom stereocenters. The van der Waals surface area contributed by atoms with Crippen molar-refractivity contribution in [2.24, 2.45) is 0 Å². The van der Waals surface area contributed by atoms with Gasteiger partial charge in [0.1, 0.15) is 11.4 Å². The van der Waals surface area contributed by atoms with Crippen LogP contribution in [0.15, 0.2) is 36.5 Å². The fourth-order valence-electron chi connectivity index (χ4n) is 3.63. The van der Waals surface area contributed by atoms with Gasteiger partial charge in [0.05, 0.1) is 17.8 Å². The molecule has 182 valence electrons. The molecule has 1 N–H and O–H groups in total. The van der Waals surface area contributed by atoms with Crippen molar-refractivity contribution < 1.29 is 32.3 Å². The van der Waals surface area contributed by atoms with Gasteiger partial charge < -0.3 is 10.1 Å². The zero-order valence-electron chi connectivity index (χ0n) is 19.2. The first-order valence-electron chi connectivity index (χ1n) is 10.2. The number of anilines is 1. The molecular weight excluding hydrogens is 455 g/mol. The van der Waals surface area contributed by atoms with Crippen molar-refractivity contribution in [2.45, 2.75) is 45.0 Å². The van der Waals surface area contributed by atoms with Crippen molar-refractivity contribution in [1.29, 1.82) is 0 Å². The second kappa shape index (κ2) is 8.58. The Morgan fingerprint density at radius 2 is 1.85 bits per heavy atom. The van der Waals surface area contributed by atoms with Crippen LogP contribution in [0.5, 0.6) is 0 Å². The predicted molar refractivity (Wildman–Crippen MR) is 115 cm³/mol. The number of aromatic nitrogens is 2. The molecule has 12 heteroatoms. The molecule has 1 aliphatic rings. The Hall–Kier alpha value is -3.70. The van der Waals surface area contributed by atoms with E-state index in [2.05, 4.69) is 15.3 Å². The molecule has 0 aromatic carbocycles. The maximum absolute atomic E-state index is 13.6. The van der Waals surface area contributed by atoms with Crippen LogP contribution in [0.3, 0.4) is 0 Å². The normalized spacial score (nSPS) is 18.8. The molecule has 4 amide bonds. The maximum atomic E-state index is 13.6. The highest BCUT2D eigenvalue weighted by atomic mass is 19.4. The number of carbonyl (C=O) groups is 3. The van der Waals surface area contributed by atoms with Crippen LogP contribution in [-0.2, 0) is 21.2 Å². The number of rotatable bonds is 3. The molecule has 0 bridgehead atoms. The summed E-state index contributed by atoms with van der Waals surface area (Å²) in [5.74, 6) is -1.24. The Bertz CT molecular complexity index is 1120. The molecule has 3 heterocycles. The number of nitrogens with zero attached hydrogens (tertiary/aromatic N) is 4. The molecule has 1 unspecified atom stereocenters. The molecule has 0 aliphatic carbocycles. The van der Waals surface area contributed by atoms with Crippen molar-refractivity contribution in [2.75, 3.05) is 18.5 Å². The maximum Gasteiger partial charge on any atom is 0.418 e. The zero-order valence-corrected chi connectivity index (χ0v) is 19.2. The summed E-state index contributed by atoms with van der Waals surface area (Å²) in [6.07, 6.45) is -4.44. The van der Waals surface area contributed by atoms with E-state index in [1.54, 1.807) is 32.9 Å². The first-order chi connectivity index (χ1) is 15.7. The number of halogens is 3. The van der Waals surface area contributed by atoms with E-state index in [-0.39, 0.29) is 11.4 Å². The van der Waals surface area contributed by atoms with Crippen LogP contribution < -0.4 is 10.2 Å². The Kier molecular flexibility index (Phi) is 6.29. The fraction of sp³-hybridized carbons (Fsp3) is 0.409. The highest BCUT2D eigenvalue weighted by molar-refractivity contribution is 6.10. The van der Waals surface area contributed by atoms with Gasteiger partial charge in [-0.25, -0.2) is 19.5 Å². The lowest BCUT2D eigenvalue weighted by Crippen LogP contribution is -2.56. The average Bonchev–Trinajstić information content (AvgIpc) is 3.05. The number of carbonyl (C=O) groups excluding carboxylic acids is 3. The molecule has 3 rings (SSSR count). The molecule has 1 saturated heterocycles. The van der Waals surface area contributed by atoms with Crippen LogP contribution in [0.4, 0.5) is 28.6 Å². The van der Waals surface area contributed by atoms with Gasteiger partial charge in [0.15, 0.2) is 5.54 Å². The minimum atomic E-state index is -4.74. The number of hydrogen-bond donors (Lipinski definition) is 1. The number of nitrogens with one attached hydrogen (secondary N) is 1. The molecule has 2 aromatic heterocycles. The quantitative estimate of drug-likeness (QED) is 0.721. The monoisotopic (exact) mass is 479 g/mol. The predicted octanol–water partition coefficient (Wildman–Crippen LogP) is 3.62.